The first-order chi connectivity index (χ1) is 14.2. The van der Waals surface area contributed by atoms with E-state index >= 15 is 0 Å². The number of nitriles is 1. The Morgan fingerprint density at radius 2 is 2.14 bits per heavy atom. The lowest BCUT2D eigenvalue weighted by molar-refractivity contribution is 0.389. The van der Waals surface area contributed by atoms with Crippen LogP contribution in [-0.4, -0.2) is 47.8 Å². The van der Waals surface area contributed by atoms with Gasteiger partial charge in [-0.25, -0.2) is 9.97 Å². The highest BCUT2D eigenvalue weighted by atomic mass is 15.1. The Bertz CT molecular complexity index is 893. The number of rotatable bonds is 8. The summed E-state index contributed by atoms with van der Waals surface area (Å²) in [6.45, 7) is 2.88. The Balaban J connectivity index is 1.83. The summed E-state index contributed by atoms with van der Waals surface area (Å²) in [7, 11) is 1.79. The minimum Gasteiger partial charge on any atom is -0.393 e. The average Bonchev–Trinajstić information content (AvgIpc) is 2.77. The zero-order chi connectivity index (χ0) is 20.5. The highest BCUT2D eigenvalue weighted by Crippen LogP contribution is 2.24. The summed E-state index contributed by atoms with van der Waals surface area (Å²) in [5, 5.41) is 29.5. The Morgan fingerprint density at radius 1 is 1.31 bits per heavy atom. The van der Waals surface area contributed by atoms with Crippen LogP contribution in [0, 0.1) is 22.7 Å². The number of aromatic nitrogens is 3. The molecule has 1 fully saturated rings. The summed E-state index contributed by atoms with van der Waals surface area (Å²) in [5.41, 5.74) is 2.49. The molecule has 3 rings (SSSR count). The molecule has 2 aromatic heterocycles. The third-order valence-electron chi connectivity index (χ3n) is 4.71. The number of hydrogen-bond acceptors (Lipinski definition) is 9. The molecule has 1 aliphatic heterocycles. The Labute approximate surface area is 170 Å². The van der Waals surface area contributed by atoms with E-state index in [1.54, 1.807) is 37.8 Å². The molecular weight excluding hydrogens is 366 g/mol. The molecule has 1 saturated heterocycles. The zero-order valence-corrected chi connectivity index (χ0v) is 16.4. The summed E-state index contributed by atoms with van der Waals surface area (Å²) in [4.78, 5) is 13.1. The lowest BCUT2D eigenvalue weighted by Crippen LogP contribution is -2.31. The van der Waals surface area contributed by atoms with Gasteiger partial charge in [-0.05, 0) is 44.0 Å². The van der Waals surface area contributed by atoms with E-state index in [1.807, 2.05) is 6.07 Å². The Kier molecular flexibility index (Phi) is 7.08. The fourth-order valence-electron chi connectivity index (χ4n) is 3.13. The van der Waals surface area contributed by atoms with Gasteiger partial charge in [0.25, 0.3) is 0 Å². The summed E-state index contributed by atoms with van der Waals surface area (Å²) in [6, 6.07) is 5.39. The SMILES string of the molecule is CN/C=C(\C=N)c1cnc(Nc2ccc(C#N)nc2)nc1NCC1CCNCC1. The maximum atomic E-state index is 8.87. The molecule has 2 aromatic rings. The van der Waals surface area contributed by atoms with Crippen molar-refractivity contribution in [1.82, 2.24) is 25.6 Å². The molecule has 5 N–H and O–H groups in total. The van der Waals surface area contributed by atoms with Crippen molar-refractivity contribution in [1.29, 1.82) is 10.7 Å². The molecule has 9 nitrogen and oxygen atoms in total. The minimum atomic E-state index is 0.351. The number of allylic oxidation sites excluding steroid dienone is 1. The second-order valence-electron chi connectivity index (χ2n) is 6.73. The van der Waals surface area contributed by atoms with Crippen LogP contribution < -0.4 is 21.3 Å². The molecule has 0 saturated carbocycles. The van der Waals surface area contributed by atoms with E-state index in [0.29, 0.717) is 34.6 Å². The van der Waals surface area contributed by atoms with Crippen molar-refractivity contribution < 1.29 is 0 Å². The van der Waals surface area contributed by atoms with Crippen LogP contribution in [0.5, 0.6) is 0 Å². The van der Waals surface area contributed by atoms with Gasteiger partial charge >= 0.3 is 0 Å². The van der Waals surface area contributed by atoms with Crippen LogP contribution in [0.3, 0.4) is 0 Å². The smallest absolute Gasteiger partial charge is 0.229 e. The maximum Gasteiger partial charge on any atom is 0.229 e. The predicted octanol–water partition coefficient (Wildman–Crippen LogP) is 2.11. The van der Waals surface area contributed by atoms with Gasteiger partial charge in [0.1, 0.15) is 17.6 Å². The number of nitrogens with one attached hydrogen (secondary N) is 5. The summed E-state index contributed by atoms with van der Waals surface area (Å²) < 4.78 is 0. The van der Waals surface area contributed by atoms with E-state index in [4.69, 9.17) is 10.7 Å². The van der Waals surface area contributed by atoms with Crippen molar-refractivity contribution in [2.24, 2.45) is 5.92 Å². The maximum absolute atomic E-state index is 8.87. The van der Waals surface area contributed by atoms with Crippen LogP contribution in [-0.2, 0) is 0 Å². The van der Waals surface area contributed by atoms with Crippen molar-refractivity contribution in [3.63, 3.8) is 0 Å². The molecule has 0 amide bonds. The first kappa shape index (κ1) is 20.2. The van der Waals surface area contributed by atoms with Crippen LogP contribution in [0.25, 0.3) is 5.57 Å². The van der Waals surface area contributed by atoms with Crippen molar-refractivity contribution in [2.75, 3.05) is 37.3 Å². The molecule has 0 aliphatic carbocycles. The summed E-state index contributed by atoms with van der Waals surface area (Å²) in [6.07, 6.45) is 8.55. The molecule has 0 aromatic carbocycles. The largest absolute Gasteiger partial charge is 0.393 e. The van der Waals surface area contributed by atoms with Crippen molar-refractivity contribution in [2.45, 2.75) is 12.8 Å². The molecule has 0 atom stereocenters. The van der Waals surface area contributed by atoms with Gasteiger partial charge < -0.3 is 26.7 Å². The van der Waals surface area contributed by atoms with E-state index in [1.165, 1.54) is 6.21 Å². The predicted molar refractivity (Wildman–Crippen MR) is 114 cm³/mol. The average molecular weight is 391 g/mol. The van der Waals surface area contributed by atoms with Crippen LogP contribution >= 0.6 is 0 Å². The van der Waals surface area contributed by atoms with E-state index in [-0.39, 0.29) is 0 Å². The number of hydrogen-bond donors (Lipinski definition) is 5. The topological polar surface area (TPSA) is 134 Å². The van der Waals surface area contributed by atoms with Gasteiger partial charge in [0.15, 0.2) is 0 Å². The third kappa shape index (κ3) is 5.49. The number of piperidine rings is 1. The second-order valence-corrected chi connectivity index (χ2v) is 6.73. The van der Waals surface area contributed by atoms with Gasteiger partial charge in [-0.1, -0.05) is 0 Å². The first-order valence-corrected chi connectivity index (χ1v) is 9.56. The Hall–Kier alpha value is -3.51. The lowest BCUT2D eigenvalue weighted by Gasteiger charge is -2.23. The van der Waals surface area contributed by atoms with Gasteiger partial charge in [-0.15, -0.1) is 0 Å². The van der Waals surface area contributed by atoms with Crippen molar-refractivity contribution in [3.8, 4) is 6.07 Å². The van der Waals surface area contributed by atoms with Crippen LogP contribution in [0.1, 0.15) is 24.1 Å². The minimum absolute atomic E-state index is 0.351. The standard InChI is InChI=1S/C20H25N9/c1-23-11-15(8-21)18-13-27-20(28-17-3-2-16(9-22)25-12-17)29-19(18)26-10-14-4-6-24-7-5-14/h2-3,8,11-14,21,23-24H,4-7,10H2,1H3,(H2,26,27,28,29)/b15-11+,21-8?. The quantitative estimate of drug-likeness (QED) is 0.432. The van der Waals surface area contributed by atoms with Gasteiger partial charge in [-0.3, -0.25) is 0 Å². The molecular formula is C20H25N9. The number of anilines is 3. The van der Waals surface area contributed by atoms with E-state index in [0.717, 1.165) is 38.0 Å². The summed E-state index contributed by atoms with van der Waals surface area (Å²) in [5.74, 6) is 1.67. The van der Waals surface area contributed by atoms with Crippen molar-refractivity contribution in [3.05, 3.63) is 42.0 Å². The van der Waals surface area contributed by atoms with E-state index in [2.05, 4.69) is 36.2 Å². The molecule has 3 heterocycles. The van der Waals surface area contributed by atoms with Gasteiger partial charge in [0.05, 0.1) is 11.9 Å². The van der Waals surface area contributed by atoms with Gasteiger partial charge in [0.2, 0.25) is 5.95 Å². The van der Waals surface area contributed by atoms with Gasteiger partial charge in [0, 0.05) is 43.3 Å². The highest BCUT2D eigenvalue weighted by molar-refractivity contribution is 6.10. The molecule has 9 heteroatoms. The molecule has 0 spiro atoms. The molecule has 150 valence electrons. The van der Waals surface area contributed by atoms with Crippen LogP contribution in [0.15, 0.2) is 30.7 Å². The lowest BCUT2D eigenvalue weighted by atomic mass is 9.98. The molecule has 0 bridgehead atoms. The fraction of sp³-hybridized carbons (Fsp3) is 0.350. The highest BCUT2D eigenvalue weighted by Gasteiger charge is 2.16. The second kappa shape index (κ2) is 10.1. The van der Waals surface area contributed by atoms with Crippen molar-refractivity contribution >= 4 is 29.2 Å². The monoisotopic (exact) mass is 391 g/mol. The van der Waals surface area contributed by atoms with Crippen LogP contribution in [0.2, 0.25) is 0 Å². The Morgan fingerprint density at radius 3 is 2.79 bits per heavy atom. The molecule has 1 aliphatic rings. The van der Waals surface area contributed by atoms with Gasteiger partial charge in [-0.2, -0.15) is 10.2 Å². The number of pyridine rings is 1. The first-order valence-electron chi connectivity index (χ1n) is 9.56. The molecule has 0 radical (unpaired) electrons. The third-order valence-corrected chi connectivity index (χ3v) is 4.71. The van der Waals surface area contributed by atoms with E-state index < -0.39 is 0 Å². The van der Waals surface area contributed by atoms with Crippen LogP contribution in [0.4, 0.5) is 17.5 Å². The number of nitrogens with zero attached hydrogens (tertiary/aromatic N) is 4. The normalized spacial score (nSPS) is 14.7. The summed E-state index contributed by atoms with van der Waals surface area (Å²) >= 11 is 0. The molecule has 29 heavy (non-hydrogen) atoms. The zero-order valence-electron chi connectivity index (χ0n) is 16.4. The fourth-order valence-corrected chi connectivity index (χ4v) is 3.13. The van der Waals surface area contributed by atoms with E-state index in [9.17, 15) is 0 Å². The molecule has 0 unspecified atom stereocenters.